The van der Waals surface area contributed by atoms with E-state index in [1.165, 1.54) is 11.6 Å². The normalized spacial score (nSPS) is 11.6. The van der Waals surface area contributed by atoms with E-state index in [0.717, 1.165) is 35.4 Å². The van der Waals surface area contributed by atoms with Crippen molar-refractivity contribution in [3.05, 3.63) is 87.3 Å². The Morgan fingerprint density at radius 2 is 1.81 bits per heavy atom. The SMILES string of the molecule is CCCc1cc(=O)[nH]c(N/N=C/c2ccc(OCc3ccc(C(C)(C)C)cc3)cc2)n1. The number of nitrogens with zero attached hydrogens (tertiary/aromatic N) is 2. The van der Waals surface area contributed by atoms with E-state index in [1.54, 1.807) is 6.21 Å². The van der Waals surface area contributed by atoms with Crippen molar-refractivity contribution in [2.24, 2.45) is 5.10 Å². The fraction of sp³-hybridized carbons (Fsp3) is 0.320. The first-order valence-electron chi connectivity index (χ1n) is 10.5. The number of hydrogen-bond acceptors (Lipinski definition) is 5. The fourth-order valence-electron chi connectivity index (χ4n) is 3.03. The topological polar surface area (TPSA) is 79.4 Å². The molecule has 0 fully saturated rings. The smallest absolute Gasteiger partial charge is 0.252 e. The molecule has 6 heteroatoms. The number of H-pyrrole nitrogens is 1. The van der Waals surface area contributed by atoms with Crippen molar-refractivity contribution in [3.8, 4) is 5.75 Å². The van der Waals surface area contributed by atoms with Crippen LogP contribution in [-0.4, -0.2) is 16.2 Å². The summed E-state index contributed by atoms with van der Waals surface area (Å²) in [4.78, 5) is 18.7. The molecule has 0 saturated heterocycles. The summed E-state index contributed by atoms with van der Waals surface area (Å²) in [6.45, 7) is 9.19. The second kappa shape index (κ2) is 10.1. The Morgan fingerprint density at radius 1 is 1.10 bits per heavy atom. The summed E-state index contributed by atoms with van der Waals surface area (Å²) >= 11 is 0. The molecular formula is C25H30N4O2. The summed E-state index contributed by atoms with van der Waals surface area (Å²) in [5.74, 6) is 1.13. The van der Waals surface area contributed by atoms with Crippen molar-refractivity contribution in [3.63, 3.8) is 0 Å². The number of nitrogens with one attached hydrogen (secondary N) is 2. The molecule has 0 radical (unpaired) electrons. The minimum absolute atomic E-state index is 0.148. The zero-order valence-corrected chi connectivity index (χ0v) is 18.6. The summed E-state index contributed by atoms with van der Waals surface area (Å²) in [5, 5.41) is 4.16. The zero-order chi connectivity index (χ0) is 22.3. The summed E-state index contributed by atoms with van der Waals surface area (Å²) in [6, 6.07) is 17.7. The number of ether oxygens (including phenoxy) is 1. The Hall–Kier alpha value is -3.41. The zero-order valence-electron chi connectivity index (χ0n) is 18.6. The molecule has 162 valence electrons. The highest BCUT2D eigenvalue weighted by atomic mass is 16.5. The molecule has 6 nitrogen and oxygen atoms in total. The molecule has 0 atom stereocenters. The van der Waals surface area contributed by atoms with Gasteiger partial charge in [-0.2, -0.15) is 5.10 Å². The minimum Gasteiger partial charge on any atom is -0.489 e. The molecule has 0 aliphatic heterocycles. The van der Waals surface area contributed by atoms with Crippen LogP contribution in [0.2, 0.25) is 0 Å². The van der Waals surface area contributed by atoms with Gasteiger partial charge in [0.1, 0.15) is 12.4 Å². The van der Waals surface area contributed by atoms with Crippen LogP contribution in [0.4, 0.5) is 5.95 Å². The van der Waals surface area contributed by atoms with Gasteiger partial charge < -0.3 is 4.74 Å². The molecule has 2 aromatic carbocycles. The monoisotopic (exact) mass is 418 g/mol. The standard InChI is InChI=1S/C25H30N4O2/c1-5-6-21-15-23(30)28-24(27-21)29-26-16-18-9-13-22(14-10-18)31-17-19-7-11-20(12-8-19)25(2,3)4/h7-16H,5-6,17H2,1-4H3,(H2,27,28,29,30)/b26-16+. The first kappa shape index (κ1) is 22.3. The number of hydrazone groups is 1. The fourth-order valence-corrected chi connectivity index (χ4v) is 3.03. The molecule has 0 saturated carbocycles. The molecule has 0 aliphatic rings. The van der Waals surface area contributed by atoms with Gasteiger partial charge in [-0.3, -0.25) is 9.78 Å². The lowest BCUT2D eigenvalue weighted by Crippen LogP contribution is -2.11. The number of aromatic amines is 1. The van der Waals surface area contributed by atoms with Crippen molar-refractivity contribution < 1.29 is 4.74 Å². The maximum absolute atomic E-state index is 11.7. The minimum atomic E-state index is -0.189. The van der Waals surface area contributed by atoms with Crippen LogP contribution < -0.4 is 15.7 Å². The lowest BCUT2D eigenvalue weighted by Gasteiger charge is -2.19. The summed E-state index contributed by atoms with van der Waals surface area (Å²) < 4.78 is 5.89. The maximum Gasteiger partial charge on any atom is 0.252 e. The van der Waals surface area contributed by atoms with E-state index in [1.807, 2.05) is 31.2 Å². The second-order valence-corrected chi connectivity index (χ2v) is 8.51. The van der Waals surface area contributed by atoms with Crippen molar-refractivity contribution in [1.29, 1.82) is 0 Å². The number of aromatic nitrogens is 2. The van der Waals surface area contributed by atoms with Crippen LogP contribution in [0, 0.1) is 0 Å². The van der Waals surface area contributed by atoms with Crippen molar-refractivity contribution in [1.82, 2.24) is 9.97 Å². The van der Waals surface area contributed by atoms with Crippen LogP contribution in [0.5, 0.6) is 5.75 Å². The van der Waals surface area contributed by atoms with E-state index < -0.39 is 0 Å². The van der Waals surface area contributed by atoms with E-state index in [-0.39, 0.29) is 11.0 Å². The van der Waals surface area contributed by atoms with Gasteiger partial charge in [-0.15, -0.1) is 0 Å². The molecule has 1 heterocycles. The lowest BCUT2D eigenvalue weighted by molar-refractivity contribution is 0.306. The van der Waals surface area contributed by atoms with Gasteiger partial charge in [0.15, 0.2) is 0 Å². The van der Waals surface area contributed by atoms with E-state index in [2.05, 4.69) is 65.5 Å². The molecule has 3 rings (SSSR count). The Morgan fingerprint density at radius 3 is 2.45 bits per heavy atom. The third kappa shape index (κ3) is 6.81. The highest BCUT2D eigenvalue weighted by Gasteiger charge is 2.12. The molecule has 3 aromatic rings. The van der Waals surface area contributed by atoms with Crippen molar-refractivity contribution in [2.45, 2.75) is 52.6 Å². The van der Waals surface area contributed by atoms with Crippen LogP contribution in [0.25, 0.3) is 0 Å². The lowest BCUT2D eigenvalue weighted by atomic mass is 9.87. The number of rotatable bonds is 8. The van der Waals surface area contributed by atoms with Gasteiger partial charge in [0, 0.05) is 11.8 Å². The maximum atomic E-state index is 11.7. The second-order valence-electron chi connectivity index (χ2n) is 8.51. The Labute approximate surface area is 183 Å². The predicted molar refractivity (Wildman–Crippen MR) is 126 cm³/mol. The van der Waals surface area contributed by atoms with Gasteiger partial charge in [0.25, 0.3) is 5.56 Å². The predicted octanol–water partition coefficient (Wildman–Crippen LogP) is 5.04. The first-order chi connectivity index (χ1) is 14.8. The van der Waals surface area contributed by atoms with E-state index in [0.29, 0.717) is 12.6 Å². The third-order valence-electron chi connectivity index (χ3n) is 4.79. The summed E-state index contributed by atoms with van der Waals surface area (Å²) in [5.41, 5.74) is 6.84. The quantitative estimate of drug-likeness (QED) is 0.396. The van der Waals surface area contributed by atoms with Gasteiger partial charge in [-0.05, 0) is 52.8 Å². The average molecular weight is 419 g/mol. The molecule has 1 aromatic heterocycles. The third-order valence-corrected chi connectivity index (χ3v) is 4.79. The van der Waals surface area contributed by atoms with Gasteiger partial charge >= 0.3 is 0 Å². The number of anilines is 1. The summed E-state index contributed by atoms with van der Waals surface area (Å²) in [7, 11) is 0. The highest BCUT2D eigenvalue weighted by molar-refractivity contribution is 5.80. The van der Waals surface area contributed by atoms with Crippen LogP contribution >= 0.6 is 0 Å². The molecule has 0 aliphatic carbocycles. The first-order valence-corrected chi connectivity index (χ1v) is 10.5. The van der Waals surface area contributed by atoms with Gasteiger partial charge in [-0.25, -0.2) is 10.4 Å². The molecule has 0 unspecified atom stereocenters. The Bertz CT molecular complexity index is 1060. The van der Waals surface area contributed by atoms with Gasteiger partial charge in [-0.1, -0.05) is 58.4 Å². The highest BCUT2D eigenvalue weighted by Crippen LogP contribution is 2.22. The number of benzene rings is 2. The van der Waals surface area contributed by atoms with Crippen LogP contribution in [0.15, 0.2) is 64.5 Å². The van der Waals surface area contributed by atoms with Gasteiger partial charge in [0.05, 0.1) is 6.21 Å². The van der Waals surface area contributed by atoms with E-state index in [4.69, 9.17) is 4.74 Å². The largest absolute Gasteiger partial charge is 0.489 e. The molecule has 31 heavy (non-hydrogen) atoms. The molecule has 0 spiro atoms. The Balaban J connectivity index is 1.54. The van der Waals surface area contributed by atoms with E-state index >= 15 is 0 Å². The van der Waals surface area contributed by atoms with Crippen molar-refractivity contribution in [2.75, 3.05) is 5.43 Å². The molecule has 0 amide bonds. The molecular weight excluding hydrogens is 388 g/mol. The van der Waals surface area contributed by atoms with Crippen LogP contribution in [0.1, 0.15) is 56.5 Å². The average Bonchev–Trinajstić information content (AvgIpc) is 2.73. The van der Waals surface area contributed by atoms with Crippen LogP contribution in [0.3, 0.4) is 0 Å². The van der Waals surface area contributed by atoms with Crippen molar-refractivity contribution >= 4 is 12.2 Å². The summed E-state index contributed by atoms with van der Waals surface area (Å²) in [6.07, 6.45) is 3.35. The number of aryl methyl sites for hydroxylation is 1. The molecule has 0 bridgehead atoms. The van der Waals surface area contributed by atoms with Gasteiger partial charge in [0.2, 0.25) is 5.95 Å². The Kier molecular flexibility index (Phi) is 7.23. The number of hydrogen-bond donors (Lipinski definition) is 2. The molecule has 2 N–H and O–H groups in total. The van der Waals surface area contributed by atoms with E-state index in [9.17, 15) is 4.79 Å². The van der Waals surface area contributed by atoms with Crippen LogP contribution in [-0.2, 0) is 18.4 Å².